The number of nitrogens with zero attached hydrogens (tertiary/aromatic N) is 4. The quantitative estimate of drug-likeness (QED) is 0.867. The van der Waals surface area contributed by atoms with Crippen LogP contribution >= 0.6 is 0 Å². The zero-order valence-electron chi connectivity index (χ0n) is 10.2. The Morgan fingerprint density at radius 1 is 1.29 bits per heavy atom. The van der Waals surface area contributed by atoms with Gasteiger partial charge in [-0.3, -0.25) is 0 Å². The van der Waals surface area contributed by atoms with Crippen LogP contribution in [0.25, 0.3) is 0 Å². The summed E-state index contributed by atoms with van der Waals surface area (Å²) in [6.45, 7) is 5.07. The second-order valence-corrected chi connectivity index (χ2v) is 4.04. The van der Waals surface area contributed by atoms with E-state index in [2.05, 4.69) is 26.4 Å². The molecule has 0 aliphatic heterocycles. The van der Waals surface area contributed by atoms with E-state index in [-0.39, 0.29) is 0 Å². The third-order valence-electron chi connectivity index (χ3n) is 2.82. The maximum absolute atomic E-state index is 5.77. The third-order valence-corrected chi connectivity index (χ3v) is 2.82. The number of anilines is 1. The van der Waals surface area contributed by atoms with Crippen LogP contribution in [-0.4, -0.2) is 19.5 Å². The van der Waals surface area contributed by atoms with E-state index in [1.54, 1.807) is 0 Å². The Balaban J connectivity index is 2.25. The minimum absolute atomic E-state index is 0.545. The van der Waals surface area contributed by atoms with Gasteiger partial charge in [0, 0.05) is 30.9 Å². The highest BCUT2D eigenvalue weighted by atomic mass is 15.1. The van der Waals surface area contributed by atoms with Gasteiger partial charge in [-0.15, -0.1) is 0 Å². The van der Waals surface area contributed by atoms with Crippen molar-refractivity contribution in [3.8, 4) is 0 Å². The molecule has 17 heavy (non-hydrogen) atoms. The molecule has 0 unspecified atom stereocenters. The molecule has 0 aliphatic rings. The molecule has 0 saturated heterocycles. The van der Waals surface area contributed by atoms with Crippen molar-refractivity contribution in [3.63, 3.8) is 0 Å². The van der Waals surface area contributed by atoms with Crippen LogP contribution in [0.3, 0.4) is 0 Å². The van der Waals surface area contributed by atoms with Gasteiger partial charge < -0.3 is 10.3 Å². The van der Waals surface area contributed by atoms with E-state index in [1.165, 1.54) is 6.33 Å². The van der Waals surface area contributed by atoms with Gasteiger partial charge in [-0.25, -0.2) is 15.0 Å². The fourth-order valence-electron chi connectivity index (χ4n) is 1.78. The van der Waals surface area contributed by atoms with Crippen molar-refractivity contribution in [3.05, 3.63) is 35.8 Å². The summed E-state index contributed by atoms with van der Waals surface area (Å²) < 4.78 is 2.15. The van der Waals surface area contributed by atoms with Crippen LogP contribution in [0.4, 0.5) is 5.82 Å². The summed E-state index contributed by atoms with van der Waals surface area (Å²) in [6.07, 6.45) is 7.12. The van der Waals surface area contributed by atoms with Crippen LogP contribution in [0.1, 0.15) is 30.4 Å². The molecule has 2 aromatic heterocycles. The van der Waals surface area contributed by atoms with E-state index in [9.17, 15) is 0 Å². The van der Waals surface area contributed by atoms with E-state index < -0.39 is 0 Å². The lowest BCUT2D eigenvalue weighted by molar-refractivity contribution is 0.644. The van der Waals surface area contributed by atoms with Crippen molar-refractivity contribution < 1.29 is 0 Å². The number of nitrogens with two attached hydrogens (primary N) is 1. The van der Waals surface area contributed by atoms with Crippen molar-refractivity contribution >= 4 is 5.82 Å². The SMILES string of the molecule is CCCn1ccnc1Cc1ncnc(N)c1C. The number of hydrogen-bond acceptors (Lipinski definition) is 4. The fourth-order valence-corrected chi connectivity index (χ4v) is 1.78. The molecule has 0 amide bonds. The van der Waals surface area contributed by atoms with Crippen LogP contribution < -0.4 is 5.73 Å². The molecule has 2 N–H and O–H groups in total. The third kappa shape index (κ3) is 2.43. The Labute approximate surface area is 101 Å². The Kier molecular flexibility index (Phi) is 3.37. The van der Waals surface area contributed by atoms with E-state index in [4.69, 9.17) is 5.73 Å². The second-order valence-electron chi connectivity index (χ2n) is 4.04. The Bertz CT molecular complexity index is 503. The van der Waals surface area contributed by atoms with Gasteiger partial charge in [-0.2, -0.15) is 0 Å². The first kappa shape index (κ1) is 11.6. The van der Waals surface area contributed by atoms with Crippen molar-refractivity contribution in [2.75, 3.05) is 5.73 Å². The largest absolute Gasteiger partial charge is 0.383 e. The van der Waals surface area contributed by atoms with Crippen molar-refractivity contribution in [2.45, 2.75) is 33.2 Å². The molecule has 2 rings (SSSR count). The van der Waals surface area contributed by atoms with Gasteiger partial charge in [0.05, 0.1) is 5.69 Å². The molecule has 0 spiro atoms. The normalized spacial score (nSPS) is 10.7. The minimum atomic E-state index is 0.545. The molecule has 5 nitrogen and oxygen atoms in total. The molecule has 0 bridgehead atoms. The highest BCUT2D eigenvalue weighted by Gasteiger charge is 2.09. The first-order valence-corrected chi connectivity index (χ1v) is 5.78. The van der Waals surface area contributed by atoms with Gasteiger partial charge in [0.1, 0.15) is 18.0 Å². The lowest BCUT2D eigenvalue weighted by Gasteiger charge is -2.08. The summed E-state index contributed by atoms with van der Waals surface area (Å²) in [6, 6.07) is 0. The molecule has 0 radical (unpaired) electrons. The van der Waals surface area contributed by atoms with Gasteiger partial charge in [0.15, 0.2) is 0 Å². The lowest BCUT2D eigenvalue weighted by atomic mass is 10.2. The predicted molar refractivity (Wildman–Crippen MR) is 66.5 cm³/mol. The number of imidazole rings is 1. The van der Waals surface area contributed by atoms with Crippen LogP contribution in [0, 0.1) is 6.92 Å². The standard InChI is InChI=1S/C12H17N5/c1-3-5-17-6-4-14-11(17)7-10-9(2)12(13)16-8-15-10/h4,6,8H,3,5,7H2,1-2H3,(H2,13,15,16). The molecule has 0 atom stereocenters. The highest BCUT2D eigenvalue weighted by molar-refractivity contribution is 5.40. The van der Waals surface area contributed by atoms with Gasteiger partial charge in [0.25, 0.3) is 0 Å². The minimum Gasteiger partial charge on any atom is -0.383 e. The molecule has 2 heterocycles. The maximum atomic E-state index is 5.77. The molecule has 0 fully saturated rings. The Morgan fingerprint density at radius 2 is 2.12 bits per heavy atom. The van der Waals surface area contributed by atoms with Gasteiger partial charge in [-0.1, -0.05) is 6.92 Å². The molecule has 0 saturated carbocycles. The smallest absolute Gasteiger partial charge is 0.129 e. The summed E-state index contributed by atoms with van der Waals surface area (Å²) in [5, 5.41) is 0. The van der Waals surface area contributed by atoms with Crippen LogP contribution in [0.2, 0.25) is 0 Å². The van der Waals surface area contributed by atoms with Crippen molar-refractivity contribution in [1.29, 1.82) is 0 Å². The predicted octanol–water partition coefficient (Wildman–Crippen LogP) is 1.56. The van der Waals surface area contributed by atoms with Gasteiger partial charge >= 0.3 is 0 Å². The Morgan fingerprint density at radius 3 is 2.88 bits per heavy atom. The summed E-state index contributed by atoms with van der Waals surface area (Å²) in [5.74, 6) is 1.57. The van der Waals surface area contributed by atoms with E-state index >= 15 is 0 Å². The van der Waals surface area contributed by atoms with Crippen LogP contribution in [-0.2, 0) is 13.0 Å². The summed E-state index contributed by atoms with van der Waals surface area (Å²) in [5.41, 5.74) is 7.66. The average molecular weight is 231 g/mol. The fraction of sp³-hybridized carbons (Fsp3) is 0.417. The van der Waals surface area contributed by atoms with Gasteiger partial charge in [0.2, 0.25) is 0 Å². The van der Waals surface area contributed by atoms with E-state index in [1.807, 2.05) is 19.3 Å². The molecule has 0 aliphatic carbocycles. The monoisotopic (exact) mass is 231 g/mol. The number of nitrogen functional groups attached to an aromatic ring is 1. The first-order valence-electron chi connectivity index (χ1n) is 5.78. The molecule has 0 aromatic carbocycles. The molecule has 2 aromatic rings. The number of aromatic nitrogens is 4. The summed E-state index contributed by atoms with van der Waals surface area (Å²) in [4.78, 5) is 12.6. The van der Waals surface area contributed by atoms with Crippen LogP contribution in [0.15, 0.2) is 18.7 Å². The van der Waals surface area contributed by atoms with E-state index in [0.717, 1.165) is 30.0 Å². The highest BCUT2D eigenvalue weighted by Crippen LogP contribution is 2.14. The van der Waals surface area contributed by atoms with Gasteiger partial charge in [-0.05, 0) is 13.3 Å². The number of aryl methyl sites for hydroxylation is 1. The molecular formula is C12H17N5. The van der Waals surface area contributed by atoms with Crippen LogP contribution in [0.5, 0.6) is 0 Å². The zero-order chi connectivity index (χ0) is 12.3. The van der Waals surface area contributed by atoms with E-state index in [0.29, 0.717) is 12.2 Å². The maximum Gasteiger partial charge on any atom is 0.129 e. The average Bonchev–Trinajstić information content (AvgIpc) is 2.73. The number of hydrogen-bond donors (Lipinski definition) is 1. The topological polar surface area (TPSA) is 69.6 Å². The summed E-state index contributed by atoms with van der Waals surface area (Å²) >= 11 is 0. The molecule has 5 heteroatoms. The zero-order valence-corrected chi connectivity index (χ0v) is 10.2. The molecular weight excluding hydrogens is 214 g/mol. The Hall–Kier alpha value is -1.91. The van der Waals surface area contributed by atoms with Crippen molar-refractivity contribution in [1.82, 2.24) is 19.5 Å². The lowest BCUT2D eigenvalue weighted by Crippen LogP contribution is -2.07. The summed E-state index contributed by atoms with van der Waals surface area (Å²) in [7, 11) is 0. The van der Waals surface area contributed by atoms with Crippen molar-refractivity contribution in [2.24, 2.45) is 0 Å². The number of rotatable bonds is 4. The first-order chi connectivity index (χ1) is 8.22. The molecule has 90 valence electrons. The second kappa shape index (κ2) is 4.95.